The minimum absolute atomic E-state index is 0.00412. The molecule has 0 aromatic heterocycles. The molecular weight excluding hydrogens is 1040 g/mol. The van der Waals surface area contributed by atoms with Crippen LogP contribution in [0, 0.1) is 47.4 Å². The zero-order valence-corrected chi connectivity index (χ0v) is 46.9. The van der Waals surface area contributed by atoms with Crippen molar-refractivity contribution in [3.05, 3.63) is 92.7 Å². The molecule has 6 bridgehead atoms. The summed E-state index contributed by atoms with van der Waals surface area (Å²) in [6, 6.07) is 7.76. The lowest BCUT2D eigenvalue weighted by molar-refractivity contribution is -0.141. The van der Waals surface area contributed by atoms with E-state index in [0.29, 0.717) is 84.1 Å². The Hall–Kier alpha value is -5.27. The Balaban J connectivity index is 1.16. The molecule has 3 fully saturated rings. The average Bonchev–Trinajstić information content (AvgIpc) is 4.21. The topological polar surface area (TPSA) is 206 Å². The van der Waals surface area contributed by atoms with Crippen molar-refractivity contribution in [1.29, 1.82) is 0 Å². The van der Waals surface area contributed by atoms with Gasteiger partial charge in [-0.2, -0.15) is 0 Å². The Morgan fingerprint density at radius 2 is 1.86 bits per heavy atom. The molecule has 9 N–H and O–H groups in total. The number of carbonyl (C=O) groups excluding carboxylic acids is 1. The third-order valence-electron chi connectivity index (χ3n) is 18.3. The number of aromatic hydroxyl groups is 2. The fourth-order valence-corrected chi connectivity index (χ4v) is 17.4. The van der Waals surface area contributed by atoms with Gasteiger partial charge in [0.15, 0.2) is 18.3 Å². The van der Waals surface area contributed by atoms with E-state index in [0.717, 1.165) is 95.3 Å². The molecule has 2 saturated carbocycles. The first-order valence-electron chi connectivity index (χ1n) is 28.6. The molecule has 12 unspecified atom stereocenters. The highest BCUT2D eigenvalue weighted by Crippen LogP contribution is 2.64. The molecular formula is C63H74N4O10S2. The van der Waals surface area contributed by atoms with Gasteiger partial charge in [0.05, 0.1) is 30.4 Å². The summed E-state index contributed by atoms with van der Waals surface area (Å²) in [6.07, 6.45) is 17.3. The fourth-order valence-electron chi connectivity index (χ4n) is 14.8. The zero-order chi connectivity index (χ0) is 54.4. The van der Waals surface area contributed by atoms with Crippen molar-refractivity contribution >= 4 is 33.6 Å². The molecule has 12 rings (SSSR count). The first-order valence-corrected chi connectivity index (χ1v) is 31.1. The largest absolute Gasteiger partial charge is 0.508 e. The normalized spacial score (nSPS) is 31.0. The SMILES string of the molecule is COCC1CCNCc2c(O)c3c(c4c2C(C#CC2=C(C=CC(N)N2)CC2CCC5(Cc6cc(O)cc(OCO)c6-c6ccc7c(c65)OC4C7COC(C)=O)C2)C#CC1CCCO)C=CC1NC2CCCC(CSSCC1O3)C2. The third-order valence-corrected chi connectivity index (χ3v) is 20.9. The molecule has 79 heavy (non-hydrogen) atoms. The first kappa shape index (κ1) is 54.3. The number of allylic oxidation sites excluding steroid dienone is 3. The number of hydrogen-bond acceptors (Lipinski definition) is 16. The van der Waals surface area contributed by atoms with Crippen molar-refractivity contribution in [3.8, 4) is 63.6 Å². The van der Waals surface area contributed by atoms with Gasteiger partial charge in [-0.3, -0.25) is 4.79 Å². The molecule has 9 aliphatic rings. The number of fused-ring (bicyclic) bond motifs is 10. The number of aliphatic hydroxyl groups excluding tert-OH is 2. The second-order valence-corrected chi connectivity index (χ2v) is 25.9. The highest BCUT2D eigenvalue weighted by molar-refractivity contribution is 8.76. The van der Waals surface area contributed by atoms with Crippen LogP contribution in [0.5, 0.6) is 28.7 Å². The van der Waals surface area contributed by atoms with Crippen molar-refractivity contribution in [2.45, 2.75) is 138 Å². The number of rotatable bonds is 9. The number of aliphatic hydroxyl groups is 2. The van der Waals surface area contributed by atoms with Gasteiger partial charge in [-0.15, -0.1) is 0 Å². The summed E-state index contributed by atoms with van der Waals surface area (Å²) in [7, 11) is 5.46. The number of phenols is 2. The molecule has 3 aromatic rings. The summed E-state index contributed by atoms with van der Waals surface area (Å²) in [4.78, 5) is 13.2. The molecule has 3 aromatic carbocycles. The molecule has 16 heteroatoms. The Morgan fingerprint density at radius 3 is 2.71 bits per heavy atom. The third kappa shape index (κ3) is 10.7. The van der Waals surface area contributed by atoms with E-state index in [1.807, 2.05) is 33.7 Å². The summed E-state index contributed by atoms with van der Waals surface area (Å²) >= 11 is 0. The number of carbonyl (C=O) groups is 1. The Morgan fingerprint density at radius 1 is 0.975 bits per heavy atom. The summed E-state index contributed by atoms with van der Waals surface area (Å²) < 4.78 is 33.2. The number of dihydropyridines is 1. The second kappa shape index (κ2) is 23.3. The van der Waals surface area contributed by atoms with Gasteiger partial charge in [0.1, 0.15) is 42.0 Å². The molecule has 0 amide bonds. The van der Waals surface area contributed by atoms with Crippen LogP contribution in [0.3, 0.4) is 0 Å². The quantitative estimate of drug-likeness (QED) is 0.0438. The number of phenolic OH excluding ortho intramolecular Hbond substituents is 2. The Kier molecular flexibility index (Phi) is 16.0. The molecule has 6 heterocycles. The van der Waals surface area contributed by atoms with Crippen LogP contribution in [0.1, 0.15) is 134 Å². The highest BCUT2D eigenvalue weighted by atomic mass is 33.1. The summed E-state index contributed by atoms with van der Waals surface area (Å²) in [5.74, 6) is 17.2. The predicted octanol–water partition coefficient (Wildman–Crippen LogP) is 8.49. The number of hydrogen-bond donors (Lipinski definition) is 8. The molecule has 6 aliphatic heterocycles. The van der Waals surface area contributed by atoms with Gasteiger partial charge >= 0.3 is 5.97 Å². The van der Waals surface area contributed by atoms with Crippen molar-refractivity contribution < 1.29 is 48.9 Å². The van der Waals surface area contributed by atoms with E-state index >= 15 is 0 Å². The van der Waals surface area contributed by atoms with Crippen LogP contribution >= 0.6 is 21.6 Å². The van der Waals surface area contributed by atoms with Gasteiger partial charge in [-0.05, 0) is 135 Å². The Labute approximate surface area is 471 Å². The molecule has 3 aliphatic carbocycles. The number of ether oxygens (including phenoxy) is 5. The number of nitrogens with one attached hydrogen (secondary N) is 3. The number of benzene rings is 3. The summed E-state index contributed by atoms with van der Waals surface area (Å²) in [6.45, 7) is 2.22. The smallest absolute Gasteiger partial charge is 0.302 e. The van der Waals surface area contributed by atoms with Crippen LogP contribution in [-0.4, -0.2) is 103 Å². The second-order valence-electron chi connectivity index (χ2n) is 23.4. The maximum Gasteiger partial charge on any atom is 0.302 e. The van der Waals surface area contributed by atoms with Gasteiger partial charge in [0.25, 0.3) is 0 Å². The average molecular weight is 1110 g/mol. The highest BCUT2D eigenvalue weighted by Gasteiger charge is 2.52. The van der Waals surface area contributed by atoms with E-state index in [4.69, 9.17) is 29.4 Å². The van der Waals surface area contributed by atoms with Crippen LogP contribution in [-0.2, 0) is 32.6 Å². The molecule has 1 saturated heterocycles. The lowest BCUT2D eigenvalue weighted by Crippen LogP contribution is -2.49. The molecule has 1 spiro atoms. The van der Waals surface area contributed by atoms with Crippen molar-refractivity contribution in [3.63, 3.8) is 0 Å². The van der Waals surface area contributed by atoms with E-state index in [-0.39, 0.29) is 61.2 Å². The lowest BCUT2D eigenvalue weighted by Gasteiger charge is -2.39. The number of nitrogens with two attached hydrogens (primary N) is 1. The van der Waals surface area contributed by atoms with Gasteiger partial charge in [0, 0.05) is 95.5 Å². The van der Waals surface area contributed by atoms with Gasteiger partial charge in [0.2, 0.25) is 0 Å². The van der Waals surface area contributed by atoms with Gasteiger partial charge in [-0.25, -0.2) is 0 Å². The van der Waals surface area contributed by atoms with Gasteiger partial charge in [-0.1, -0.05) is 76.1 Å². The summed E-state index contributed by atoms with van der Waals surface area (Å²) in [5, 5.41) is 56.3. The van der Waals surface area contributed by atoms with E-state index < -0.39 is 42.3 Å². The van der Waals surface area contributed by atoms with Crippen LogP contribution < -0.4 is 35.9 Å². The molecule has 14 nitrogen and oxygen atoms in total. The minimum Gasteiger partial charge on any atom is -0.508 e. The van der Waals surface area contributed by atoms with E-state index in [1.165, 1.54) is 19.8 Å². The maximum atomic E-state index is 13.3. The van der Waals surface area contributed by atoms with Crippen molar-refractivity contribution in [2.24, 2.45) is 29.4 Å². The van der Waals surface area contributed by atoms with Crippen molar-refractivity contribution in [2.75, 3.05) is 51.8 Å². The monoisotopic (exact) mass is 1110 g/mol. The van der Waals surface area contributed by atoms with E-state index in [1.54, 1.807) is 13.2 Å². The predicted molar refractivity (Wildman–Crippen MR) is 308 cm³/mol. The van der Waals surface area contributed by atoms with Crippen LogP contribution in [0.2, 0.25) is 0 Å². The van der Waals surface area contributed by atoms with Crippen LogP contribution in [0.25, 0.3) is 17.2 Å². The molecule has 0 radical (unpaired) electrons. The molecule has 12 atom stereocenters. The van der Waals surface area contributed by atoms with Crippen LogP contribution in [0.15, 0.2) is 53.8 Å². The first-order chi connectivity index (χ1) is 38.5. The minimum atomic E-state index is -0.818. The summed E-state index contributed by atoms with van der Waals surface area (Å²) in [5.41, 5.74) is 15.3. The number of esters is 1. The van der Waals surface area contributed by atoms with E-state index in [9.17, 15) is 25.2 Å². The van der Waals surface area contributed by atoms with Crippen molar-refractivity contribution in [1.82, 2.24) is 16.0 Å². The zero-order valence-electron chi connectivity index (χ0n) is 45.2. The maximum absolute atomic E-state index is 13.3. The molecule has 418 valence electrons. The standard InChI is InChI=1S/C63H74N4O10S2/c1-35(70)74-31-49-45-12-13-46-55-42(25-44(71)26-52(55)75-34-69)28-63-20-18-36(27-63)23-40-11-17-54(64)67-50(40)15-10-39-9-8-38(6-4-22-68)41(30-73-2)19-21-65-29-48-56(39)57(60(49)77-61(45)58(46)63)47-14-16-51-53(76-62(47)59(48)72)33-79-78-32-37-5-3-7-43(24-37)66-51/h11-14,16-17,25-26,36-39,41,43,49,51,53-54,60,65-69,71-72H,3-7,18-24,27-34,64H2,1-2H3. The lowest BCUT2D eigenvalue weighted by atomic mass is 9.65. The Bertz CT molecular complexity index is 3080. The number of methoxy groups -OCH3 is 1. The van der Waals surface area contributed by atoms with E-state index in [2.05, 4.69) is 70.0 Å². The fraction of sp³-hybridized carbons (Fsp3) is 0.540. The van der Waals surface area contributed by atoms with Crippen LogP contribution in [0.4, 0.5) is 0 Å². The van der Waals surface area contributed by atoms with Gasteiger partial charge < -0.3 is 65.8 Å².